The monoisotopic (exact) mass is 286 g/mol. The van der Waals surface area contributed by atoms with E-state index in [0.29, 0.717) is 15.2 Å². The van der Waals surface area contributed by atoms with Crippen LogP contribution in [0.5, 0.6) is 0 Å². The first kappa shape index (κ1) is 11.3. The summed E-state index contributed by atoms with van der Waals surface area (Å²) in [5.41, 5.74) is 0.290. The summed E-state index contributed by atoms with van der Waals surface area (Å²) in [4.78, 5) is 0. The quantitative estimate of drug-likeness (QED) is 0.624. The molecule has 1 atom stereocenters. The first-order chi connectivity index (χ1) is 7.50. The predicted molar refractivity (Wildman–Crippen MR) is 59.6 cm³/mol. The van der Waals surface area contributed by atoms with Gasteiger partial charge in [-0.05, 0) is 41.1 Å². The van der Waals surface area contributed by atoms with Crippen molar-refractivity contribution in [2.24, 2.45) is 0 Å². The molecule has 0 aliphatic rings. The second kappa shape index (κ2) is 3.99. The Morgan fingerprint density at radius 1 is 1.44 bits per heavy atom. The Labute approximate surface area is 99.8 Å². The summed E-state index contributed by atoms with van der Waals surface area (Å²) in [5.74, 6) is -0.361. The number of benzene rings is 1. The zero-order valence-electron chi connectivity index (χ0n) is 8.48. The van der Waals surface area contributed by atoms with Crippen LogP contribution in [-0.2, 0) is 0 Å². The van der Waals surface area contributed by atoms with E-state index in [1.807, 2.05) is 0 Å². The molecule has 2 aromatic rings. The van der Waals surface area contributed by atoms with Crippen molar-refractivity contribution >= 4 is 26.7 Å². The fraction of sp³-hybridized carbons (Fsp3) is 0.182. The SMILES string of the molecule is CC(O)c1c(Br)c2cc(F)ccc2c[n+]1O. The van der Waals surface area contributed by atoms with E-state index in [-0.39, 0.29) is 11.5 Å². The van der Waals surface area contributed by atoms with Crippen molar-refractivity contribution in [3.63, 3.8) is 0 Å². The summed E-state index contributed by atoms with van der Waals surface area (Å²) in [6, 6.07) is 4.23. The van der Waals surface area contributed by atoms with Crippen molar-refractivity contribution in [2.45, 2.75) is 13.0 Å². The lowest BCUT2D eigenvalue weighted by Gasteiger charge is -2.05. The Morgan fingerprint density at radius 2 is 2.12 bits per heavy atom. The number of fused-ring (bicyclic) bond motifs is 1. The van der Waals surface area contributed by atoms with E-state index in [4.69, 9.17) is 0 Å². The van der Waals surface area contributed by atoms with Crippen molar-refractivity contribution in [1.82, 2.24) is 0 Å². The van der Waals surface area contributed by atoms with Gasteiger partial charge in [-0.15, -0.1) is 0 Å². The van der Waals surface area contributed by atoms with Crippen LogP contribution < -0.4 is 4.73 Å². The first-order valence-corrected chi connectivity index (χ1v) is 5.50. The van der Waals surface area contributed by atoms with Crippen LogP contribution in [0.4, 0.5) is 4.39 Å². The zero-order valence-corrected chi connectivity index (χ0v) is 10.1. The van der Waals surface area contributed by atoms with Gasteiger partial charge in [0.25, 0.3) is 5.69 Å². The molecule has 1 unspecified atom stereocenters. The average molecular weight is 287 g/mol. The van der Waals surface area contributed by atoms with Gasteiger partial charge in [-0.2, -0.15) is 0 Å². The molecule has 0 spiro atoms. The van der Waals surface area contributed by atoms with Crippen LogP contribution in [0, 0.1) is 5.82 Å². The summed E-state index contributed by atoms with van der Waals surface area (Å²) in [5, 5.41) is 20.5. The number of hydrogen-bond donors (Lipinski definition) is 2. The topological polar surface area (TPSA) is 44.3 Å². The van der Waals surface area contributed by atoms with E-state index < -0.39 is 6.10 Å². The highest BCUT2D eigenvalue weighted by molar-refractivity contribution is 9.10. The van der Waals surface area contributed by atoms with Crippen molar-refractivity contribution in [3.8, 4) is 0 Å². The molecule has 0 bridgehead atoms. The minimum atomic E-state index is -0.855. The van der Waals surface area contributed by atoms with E-state index in [1.54, 1.807) is 6.07 Å². The summed E-state index contributed by atoms with van der Waals surface area (Å²) < 4.78 is 14.4. The normalized spacial score (nSPS) is 13.0. The second-order valence-corrected chi connectivity index (χ2v) is 4.37. The molecule has 0 saturated carbocycles. The molecule has 2 N–H and O–H groups in total. The average Bonchev–Trinajstić information content (AvgIpc) is 2.19. The molecule has 0 aliphatic heterocycles. The van der Waals surface area contributed by atoms with Gasteiger partial charge in [0.1, 0.15) is 16.4 Å². The largest absolute Gasteiger partial charge is 0.382 e. The third-order valence-electron chi connectivity index (χ3n) is 2.38. The second-order valence-electron chi connectivity index (χ2n) is 3.58. The lowest BCUT2D eigenvalue weighted by Crippen LogP contribution is -2.36. The molecule has 3 nitrogen and oxygen atoms in total. The van der Waals surface area contributed by atoms with Crippen LogP contribution in [0.3, 0.4) is 0 Å². The third kappa shape index (κ3) is 1.76. The fourth-order valence-corrected chi connectivity index (χ4v) is 2.50. The highest BCUT2D eigenvalue weighted by Crippen LogP contribution is 2.28. The van der Waals surface area contributed by atoms with Gasteiger partial charge in [0.05, 0.1) is 5.39 Å². The van der Waals surface area contributed by atoms with Crippen molar-refractivity contribution in [1.29, 1.82) is 0 Å². The lowest BCUT2D eigenvalue weighted by molar-refractivity contribution is -0.910. The Kier molecular flexibility index (Phi) is 2.82. The predicted octanol–water partition coefficient (Wildman–Crippen LogP) is 2.32. The number of aliphatic hydroxyl groups is 1. The Bertz CT molecular complexity index is 557. The van der Waals surface area contributed by atoms with Crippen LogP contribution >= 0.6 is 15.9 Å². The number of aliphatic hydroxyl groups excluding tert-OH is 1. The van der Waals surface area contributed by atoms with Gasteiger partial charge in [0.15, 0.2) is 0 Å². The number of nitrogens with zero attached hydrogens (tertiary/aromatic N) is 1. The number of pyridine rings is 1. The van der Waals surface area contributed by atoms with Crippen LogP contribution in [0.2, 0.25) is 0 Å². The Hall–Kier alpha value is -1.20. The first-order valence-electron chi connectivity index (χ1n) is 4.71. The summed E-state index contributed by atoms with van der Waals surface area (Å²) in [6.07, 6.45) is 0.578. The smallest absolute Gasteiger partial charge is 0.276 e. The molecule has 2 rings (SSSR count). The van der Waals surface area contributed by atoms with Crippen LogP contribution in [0.25, 0.3) is 10.8 Å². The molecule has 0 aliphatic carbocycles. The zero-order chi connectivity index (χ0) is 11.9. The van der Waals surface area contributed by atoms with Gasteiger partial charge in [-0.3, -0.25) is 5.21 Å². The van der Waals surface area contributed by atoms with E-state index in [9.17, 15) is 14.7 Å². The minimum Gasteiger partial charge on any atom is -0.382 e. The van der Waals surface area contributed by atoms with E-state index in [0.717, 1.165) is 4.73 Å². The summed E-state index contributed by atoms with van der Waals surface area (Å²) in [7, 11) is 0. The molecule has 84 valence electrons. The molecule has 1 aromatic carbocycles. The van der Waals surface area contributed by atoms with Crippen molar-refractivity contribution < 1.29 is 19.4 Å². The number of rotatable bonds is 1. The molecule has 0 radical (unpaired) electrons. The maximum absolute atomic E-state index is 13.1. The van der Waals surface area contributed by atoms with E-state index in [2.05, 4.69) is 15.9 Å². The van der Waals surface area contributed by atoms with Crippen LogP contribution in [0.1, 0.15) is 18.7 Å². The number of halogens is 2. The molecule has 5 heteroatoms. The maximum atomic E-state index is 13.1. The van der Waals surface area contributed by atoms with Crippen LogP contribution in [-0.4, -0.2) is 10.3 Å². The molecule has 16 heavy (non-hydrogen) atoms. The number of aromatic nitrogens is 1. The van der Waals surface area contributed by atoms with Gasteiger partial charge < -0.3 is 5.11 Å². The molecular weight excluding hydrogens is 277 g/mol. The van der Waals surface area contributed by atoms with Crippen molar-refractivity contribution in [3.05, 3.63) is 40.4 Å². The van der Waals surface area contributed by atoms with E-state index in [1.165, 1.54) is 25.3 Å². The maximum Gasteiger partial charge on any atom is 0.276 e. The Morgan fingerprint density at radius 3 is 2.75 bits per heavy atom. The third-order valence-corrected chi connectivity index (χ3v) is 3.21. The van der Waals surface area contributed by atoms with E-state index >= 15 is 0 Å². The molecule has 0 saturated heterocycles. The molecule has 1 heterocycles. The molecule has 1 aromatic heterocycles. The number of hydrogen-bond acceptors (Lipinski definition) is 2. The van der Waals surface area contributed by atoms with Gasteiger partial charge >= 0.3 is 0 Å². The molecule has 0 amide bonds. The van der Waals surface area contributed by atoms with Crippen molar-refractivity contribution in [2.75, 3.05) is 0 Å². The van der Waals surface area contributed by atoms with Gasteiger partial charge in [0.2, 0.25) is 6.20 Å². The summed E-state index contributed by atoms with van der Waals surface area (Å²) in [6.45, 7) is 1.53. The highest BCUT2D eigenvalue weighted by Gasteiger charge is 2.23. The minimum absolute atomic E-state index is 0.290. The molecular formula is C11H10BrFNO2+. The van der Waals surface area contributed by atoms with Gasteiger partial charge in [0, 0.05) is 10.1 Å². The highest BCUT2D eigenvalue weighted by atomic mass is 79.9. The summed E-state index contributed by atoms with van der Waals surface area (Å²) >= 11 is 3.26. The van der Waals surface area contributed by atoms with Crippen LogP contribution in [0.15, 0.2) is 28.9 Å². The molecule has 0 fully saturated rings. The van der Waals surface area contributed by atoms with Gasteiger partial charge in [-0.1, -0.05) is 0 Å². The Balaban J connectivity index is 2.85. The fourth-order valence-electron chi connectivity index (χ4n) is 1.65. The lowest BCUT2D eigenvalue weighted by atomic mass is 10.1. The standard InChI is InChI=1S/C11H10BrFNO2/c1-6(15)11-10(12)9-4-8(13)3-2-7(9)5-14(11)16/h2-6,15-16H,1H3/q+1. The van der Waals surface area contributed by atoms with Gasteiger partial charge in [-0.25, -0.2) is 4.39 Å².